The van der Waals surface area contributed by atoms with Gasteiger partial charge in [0, 0.05) is 0 Å². The van der Waals surface area contributed by atoms with Gasteiger partial charge in [0.1, 0.15) is 5.75 Å². The molecular weight excluding hydrogens is 244 g/mol. The van der Waals surface area contributed by atoms with E-state index < -0.39 is 11.7 Å². The van der Waals surface area contributed by atoms with Crippen LogP contribution in [0.5, 0.6) is 11.5 Å². The van der Waals surface area contributed by atoms with Crippen molar-refractivity contribution in [3.05, 3.63) is 23.8 Å². The summed E-state index contributed by atoms with van der Waals surface area (Å²) in [6.07, 6.45) is 7.48. The van der Waals surface area contributed by atoms with Gasteiger partial charge in [-0.05, 0) is 24.5 Å². The zero-order chi connectivity index (χ0) is 13.7. The van der Waals surface area contributed by atoms with Gasteiger partial charge in [0.05, 0.1) is 12.2 Å². The Morgan fingerprint density at radius 3 is 2.74 bits per heavy atom. The summed E-state index contributed by atoms with van der Waals surface area (Å²) in [6.45, 7) is 0.585. The maximum absolute atomic E-state index is 11.3. The molecule has 1 aromatic carbocycles. The predicted octanol–water partition coefficient (Wildman–Crippen LogP) is 2.81. The fourth-order valence-corrected chi connectivity index (χ4v) is 2.59. The number of aromatic carboxylic acids is 1. The summed E-state index contributed by atoms with van der Waals surface area (Å²) < 4.78 is 5.55. The van der Waals surface area contributed by atoms with Gasteiger partial charge < -0.3 is 14.9 Å². The van der Waals surface area contributed by atoms with E-state index in [0.717, 1.165) is 12.3 Å². The van der Waals surface area contributed by atoms with E-state index in [-0.39, 0.29) is 5.56 Å². The molecule has 0 amide bonds. The lowest BCUT2D eigenvalue weighted by atomic mass is 9.87. The Bertz CT molecular complexity index is 436. The minimum absolute atomic E-state index is 0.227. The van der Waals surface area contributed by atoms with Crippen molar-refractivity contribution < 1.29 is 19.7 Å². The molecule has 0 unspecified atom stereocenters. The van der Waals surface area contributed by atoms with E-state index in [9.17, 15) is 9.90 Å². The second-order valence-corrected chi connectivity index (χ2v) is 5.10. The highest BCUT2D eigenvalue weighted by molar-refractivity contribution is 5.91. The van der Waals surface area contributed by atoms with Crippen LogP contribution in [0.15, 0.2) is 18.2 Å². The highest BCUT2D eigenvalue weighted by Crippen LogP contribution is 2.27. The molecule has 0 atom stereocenters. The highest BCUT2D eigenvalue weighted by atomic mass is 16.5. The average molecular weight is 263 g/mol. The van der Waals surface area contributed by atoms with Crippen molar-refractivity contribution in [3.63, 3.8) is 0 Å². The molecular formula is C15H19O4-. The zero-order valence-corrected chi connectivity index (χ0v) is 10.9. The van der Waals surface area contributed by atoms with Gasteiger partial charge in [-0.3, -0.25) is 0 Å². The third kappa shape index (κ3) is 3.88. The van der Waals surface area contributed by atoms with Crippen molar-refractivity contribution in [1.82, 2.24) is 0 Å². The van der Waals surface area contributed by atoms with Crippen LogP contribution >= 0.6 is 0 Å². The van der Waals surface area contributed by atoms with Crippen molar-refractivity contribution in [3.8, 4) is 11.5 Å². The Balaban J connectivity index is 1.85. The molecule has 4 nitrogen and oxygen atoms in total. The quantitative estimate of drug-likeness (QED) is 0.886. The molecule has 4 heteroatoms. The molecule has 1 aromatic rings. The van der Waals surface area contributed by atoms with Gasteiger partial charge in [-0.25, -0.2) is 4.79 Å². The van der Waals surface area contributed by atoms with Crippen LogP contribution in [0.2, 0.25) is 0 Å². The minimum Gasteiger partial charge on any atom is -0.872 e. The second kappa shape index (κ2) is 6.45. The summed E-state index contributed by atoms with van der Waals surface area (Å²) in [4.78, 5) is 10.8. The first-order valence-corrected chi connectivity index (χ1v) is 6.84. The number of carbonyl (C=O) groups is 1. The van der Waals surface area contributed by atoms with Gasteiger partial charge in [0.2, 0.25) is 0 Å². The van der Waals surface area contributed by atoms with Crippen LogP contribution in [0.3, 0.4) is 0 Å². The molecule has 0 aliphatic heterocycles. The standard InChI is InChI=1S/C15H20O4/c16-14-7-6-12(10-13(14)15(17)18)19-9-8-11-4-2-1-3-5-11/h6-7,10-11,16H,1-5,8-9H2,(H,17,18)/p-1. The fraction of sp³-hybridized carbons (Fsp3) is 0.533. The molecule has 0 bridgehead atoms. The number of hydrogen-bond acceptors (Lipinski definition) is 3. The Morgan fingerprint density at radius 1 is 1.32 bits per heavy atom. The minimum atomic E-state index is -1.21. The van der Waals surface area contributed by atoms with Gasteiger partial charge in [-0.15, -0.1) is 0 Å². The topological polar surface area (TPSA) is 69.6 Å². The second-order valence-electron chi connectivity index (χ2n) is 5.10. The molecule has 0 heterocycles. The molecule has 1 aliphatic carbocycles. The van der Waals surface area contributed by atoms with Crippen molar-refractivity contribution in [2.75, 3.05) is 6.61 Å². The maximum atomic E-state index is 11.3. The first kappa shape index (κ1) is 13.7. The van der Waals surface area contributed by atoms with E-state index in [4.69, 9.17) is 9.84 Å². The molecule has 0 radical (unpaired) electrons. The summed E-state index contributed by atoms with van der Waals surface area (Å²) >= 11 is 0. The number of rotatable bonds is 5. The first-order chi connectivity index (χ1) is 9.16. The summed E-state index contributed by atoms with van der Waals surface area (Å²) in [5.41, 5.74) is -0.227. The molecule has 0 spiro atoms. The third-order valence-electron chi connectivity index (χ3n) is 3.70. The SMILES string of the molecule is O=C(O)c1cc(OCCC2CCCCC2)ccc1[O-]. The van der Waals surface area contributed by atoms with Crippen molar-refractivity contribution in [2.45, 2.75) is 38.5 Å². The van der Waals surface area contributed by atoms with Gasteiger partial charge in [0.25, 0.3) is 0 Å². The predicted molar refractivity (Wildman–Crippen MR) is 69.5 cm³/mol. The van der Waals surface area contributed by atoms with Gasteiger partial charge in [-0.2, -0.15) is 0 Å². The number of benzene rings is 1. The third-order valence-corrected chi connectivity index (χ3v) is 3.70. The molecule has 1 aliphatic rings. The van der Waals surface area contributed by atoms with Crippen molar-refractivity contribution in [2.24, 2.45) is 5.92 Å². The van der Waals surface area contributed by atoms with Crippen molar-refractivity contribution in [1.29, 1.82) is 0 Å². The smallest absolute Gasteiger partial charge is 0.335 e. The molecule has 0 saturated heterocycles. The molecule has 0 aromatic heterocycles. The summed E-state index contributed by atoms with van der Waals surface area (Å²) in [6, 6.07) is 4.10. The van der Waals surface area contributed by atoms with Crippen LogP contribution in [0.4, 0.5) is 0 Å². The largest absolute Gasteiger partial charge is 0.872 e. The monoisotopic (exact) mass is 263 g/mol. The highest BCUT2D eigenvalue weighted by Gasteiger charge is 2.13. The van der Waals surface area contributed by atoms with Crippen LogP contribution in [0, 0.1) is 5.92 Å². The summed E-state index contributed by atoms with van der Waals surface area (Å²) in [5.74, 6) is -0.492. The van der Waals surface area contributed by atoms with Crippen LogP contribution in [0.1, 0.15) is 48.9 Å². The van der Waals surface area contributed by atoms with Crippen LogP contribution in [-0.2, 0) is 0 Å². The summed E-state index contributed by atoms with van der Waals surface area (Å²) in [7, 11) is 0. The molecule has 1 fully saturated rings. The number of carboxylic acids is 1. The van der Waals surface area contributed by atoms with Crippen LogP contribution in [0.25, 0.3) is 0 Å². The molecule has 2 rings (SSSR count). The van der Waals surface area contributed by atoms with Gasteiger partial charge in [0.15, 0.2) is 0 Å². The lowest BCUT2D eigenvalue weighted by Gasteiger charge is -2.21. The first-order valence-electron chi connectivity index (χ1n) is 6.84. The van der Waals surface area contributed by atoms with E-state index >= 15 is 0 Å². The van der Waals surface area contributed by atoms with E-state index in [1.54, 1.807) is 0 Å². The Labute approximate surface area is 113 Å². The Hall–Kier alpha value is -1.71. The van der Waals surface area contributed by atoms with E-state index in [0.29, 0.717) is 12.4 Å². The molecule has 1 N–H and O–H groups in total. The maximum Gasteiger partial charge on any atom is 0.335 e. The lowest BCUT2D eigenvalue weighted by Crippen LogP contribution is -2.11. The lowest BCUT2D eigenvalue weighted by molar-refractivity contribution is -0.268. The summed E-state index contributed by atoms with van der Waals surface area (Å²) in [5, 5.41) is 20.2. The molecule has 104 valence electrons. The Morgan fingerprint density at radius 2 is 2.05 bits per heavy atom. The number of carboxylic acid groups (broad SMARTS) is 1. The number of ether oxygens (including phenoxy) is 1. The molecule has 1 saturated carbocycles. The van der Waals surface area contributed by atoms with E-state index in [1.807, 2.05) is 0 Å². The number of hydrogen-bond donors (Lipinski definition) is 1. The van der Waals surface area contributed by atoms with Gasteiger partial charge >= 0.3 is 5.97 Å². The molecule has 19 heavy (non-hydrogen) atoms. The Kier molecular flexibility index (Phi) is 4.66. The fourth-order valence-electron chi connectivity index (χ4n) is 2.59. The normalized spacial score (nSPS) is 16.2. The van der Waals surface area contributed by atoms with Crippen LogP contribution < -0.4 is 9.84 Å². The zero-order valence-electron chi connectivity index (χ0n) is 10.9. The van der Waals surface area contributed by atoms with Crippen LogP contribution in [-0.4, -0.2) is 17.7 Å². The van der Waals surface area contributed by atoms with E-state index in [2.05, 4.69) is 0 Å². The van der Waals surface area contributed by atoms with Gasteiger partial charge in [-0.1, -0.05) is 43.9 Å². The average Bonchev–Trinajstić information content (AvgIpc) is 2.41. The van der Waals surface area contributed by atoms with Crippen molar-refractivity contribution >= 4 is 5.97 Å². The van der Waals surface area contributed by atoms with E-state index in [1.165, 1.54) is 50.3 Å².